The molecule has 0 aliphatic carbocycles. The van der Waals surface area contributed by atoms with Gasteiger partial charge in [0.15, 0.2) is 0 Å². The molecule has 1 aromatic rings. The van der Waals surface area contributed by atoms with Gasteiger partial charge in [0.2, 0.25) is 5.69 Å². The number of nitrogens with zero attached hydrogens (tertiary/aromatic N) is 2. The molecule has 0 fully saturated rings. The Morgan fingerprint density at radius 1 is 1.55 bits per heavy atom. The summed E-state index contributed by atoms with van der Waals surface area (Å²) in [6.07, 6.45) is 0. The second-order valence-electron chi connectivity index (χ2n) is 1.89. The van der Waals surface area contributed by atoms with E-state index in [2.05, 4.69) is 20.8 Å². The summed E-state index contributed by atoms with van der Waals surface area (Å²) in [5.74, 6) is 0. The van der Waals surface area contributed by atoms with Gasteiger partial charge in [-0.3, -0.25) is 0 Å². The Hall–Kier alpha value is -1.32. The third-order valence-corrected chi connectivity index (χ3v) is 1.69. The maximum atomic E-state index is 8.56. The molecule has 0 aromatic heterocycles. The Labute approximate surface area is 73.0 Å². The second-order valence-corrected chi connectivity index (χ2v) is 2.80. The summed E-state index contributed by atoms with van der Waals surface area (Å²) in [4.78, 5) is 3.19. The zero-order chi connectivity index (χ0) is 8.27. The van der Waals surface area contributed by atoms with E-state index in [9.17, 15) is 0 Å². The van der Waals surface area contributed by atoms with Crippen molar-refractivity contribution in [3.05, 3.63) is 39.7 Å². The number of halogens is 1. The lowest BCUT2D eigenvalue weighted by atomic mass is 10.2. The van der Waals surface area contributed by atoms with E-state index in [-0.39, 0.29) is 0 Å². The molecule has 52 valence electrons. The van der Waals surface area contributed by atoms with Crippen LogP contribution in [0.3, 0.4) is 0 Å². The fourth-order valence-electron chi connectivity index (χ4n) is 0.695. The zero-order valence-corrected chi connectivity index (χ0v) is 7.09. The lowest BCUT2D eigenvalue weighted by molar-refractivity contribution is 1.48. The molecular weight excluding hydrogens is 204 g/mol. The highest BCUT2D eigenvalue weighted by molar-refractivity contribution is 9.10. The van der Waals surface area contributed by atoms with Crippen molar-refractivity contribution in [2.24, 2.45) is 0 Å². The third-order valence-electron chi connectivity index (χ3n) is 1.20. The van der Waals surface area contributed by atoms with E-state index in [0.29, 0.717) is 11.3 Å². The summed E-state index contributed by atoms with van der Waals surface area (Å²) in [6.45, 7) is 6.72. The van der Waals surface area contributed by atoms with Gasteiger partial charge in [-0.15, -0.1) is 0 Å². The van der Waals surface area contributed by atoms with Crippen molar-refractivity contribution in [3.8, 4) is 6.07 Å². The van der Waals surface area contributed by atoms with Crippen LogP contribution in [0.15, 0.2) is 22.7 Å². The molecule has 0 spiro atoms. The Bertz CT molecular complexity index is 357. The first kappa shape index (κ1) is 7.78. The van der Waals surface area contributed by atoms with Crippen molar-refractivity contribution in [1.82, 2.24) is 0 Å². The molecule has 2 nitrogen and oxygen atoms in total. The molecule has 11 heavy (non-hydrogen) atoms. The number of benzene rings is 1. The molecule has 0 amide bonds. The van der Waals surface area contributed by atoms with Gasteiger partial charge in [-0.05, 0) is 6.07 Å². The predicted octanol–water partition coefficient (Wildman–Crippen LogP) is 2.87. The fourth-order valence-corrected chi connectivity index (χ4v) is 1.06. The highest BCUT2D eigenvalue weighted by Gasteiger charge is 1.99. The van der Waals surface area contributed by atoms with Crippen LogP contribution in [0.1, 0.15) is 5.56 Å². The van der Waals surface area contributed by atoms with Gasteiger partial charge in [-0.2, -0.15) is 5.26 Å². The quantitative estimate of drug-likeness (QED) is 0.601. The first-order valence-electron chi connectivity index (χ1n) is 2.85. The van der Waals surface area contributed by atoms with Gasteiger partial charge in [0.05, 0.1) is 18.2 Å². The summed E-state index contributed by atoms with van der Waals surface area (Å²) in [7, 11) is 0. The van der Waals surface area contributed by atoms with Crippen LogP contribution in [0.25, 0.3) is 4.85 Å². The Morgan fingerprint density at radius 3 is 2.82 bits per heavy atom. The van der Waals surface area contributed by atoms with Crippen molar-refractivity contribution in [3.63, 3.8) is 0 Å². The largest absolute Gasteiger partial charge is 0.237 e. The number of hydrogen-bond donors (Lipinski definition) is 0. The first-order chi connectivity index (χ1) is 5.27. The predicted molar refractivity (Wildman–Crippen MR) is 45.1 cm³/mol. The van der Waals surface area contributed by atoms with Gasteiger partial charge in [0.25, 0.3) is 0 Å². The summed E-state index contributed by atoms with van der Waals surface area (Å²) in [5.41, 5.74) is 0.810. The van der Waals surface area contributed by atoms with Gasteiger partial charge < -0.3 is 0 Å². The highest BCUT2D eigenvalue weighted by atomic mass is 79.9. The van der Waals surface area contributed by atoms with Gasteiger partial charge in [0, 0.05) is 4.47 Å². The molecule has 1 aromatic carbocycles. The standard InChI is InChI=1S/C8H3BrN2/c1-11-8-3-2-7(9)4-6(8)5-10/h2-4H. The maximum Gasteiger partial charge on any atom is 0.204 e. The van der Waals surface area contributed by atoms with E-state index in [1.54, 1.807) is 18.2 Å². The van der Waals surface area contributed by atoms with E-state index in [4.69, 9.17) is 11.8 Å². The second kappa shape index (κ2) is 3.18. The van der Waals surface area contributed by atoms with Crippen LogP contribution in [0.5, 0.6) is 0 Å². The molecule has 0 aliphatic heterocycles. The van der Waals surface area contributed by atoms with E-state index in [0.717, 1.165) is 4.47 Å². The van der Waals surface area contributed by atoms with Crippen LogP contribution in [-0.2, 0) is 0 Å². The van der Waals surface area contributed by atoms with Crippen molar-refractivity contribution < 1.29 is 0 Å². The molecule has 0 saturated carbocycles. The van der Waals surface area contributed by atoms with Crippen LogP contribution in [-0.4, -0.2) is 0 Å². The van der Waals surface area contributed by atoms with E-state index in [1.165, 1.54) is 0 Å². The third kappa shape index (κ3) is 1.58. The molecule has 3 heteroatoms. The minimum absolute atomic E-state index is 0.399. The van der Waals surface area contributed by atoms with Crippen LogP contribution < -0.4 is 0 Å². The Balaban J connectivity index is 3.34. The normalized spacial score (nSPS) is 8.27. The van der Waals surface area contributed by atoms with Crippen molar-refractivity contribution in [2.45, 2.75) is 0 Å². The monoisotopic (exact) mass is 206 g/mol. The summed E-state index contributed by atoms with van der Waals surface area (Å²) in [5, 5.41) is 8.56. The number of nitriles is 1. The molecule has 0 heterocycles. The lowest BCUT2D eigenvalue weighted by Gasteiger charge is -1.93. The smallest absolute Gasteiger partial charge is 0.204 e. The van der Waals surface area contributed by atoms with Crippen LogP contribution in [0, 0.1) is 17.9 Å². The molecule has 0 atom stereocenters. The highest BCUT2D eigenvalue weighted by Crippen LogP contribution is 2.22. The topological polar surface area (TPSA) is 28.1 Å². The SMILES string of the molecule is [C-]#[N+]c1ccc(Br)cc1C#N. The lowest BCUT2D eigenvalue weighted by Crippen LogP contribution is -1.73. The number of rotatable bonds is 0. The minimum Gasteiger partial charge on any atom is -0.237 e. The molecule has 0 bridgehead atoms. The molecular formula is C8H3BrN2. The average molecular weight is 207 g/mol. The Morgan fingerprint density at radius 2 is 2.27 bits per heavy atom. The molecule has 0 saturated heterocycles. The van der Waals surface area contributed by atoms with Gasteiger partial charge >= 0.3 is 0 Å². The Kier molecular flexibility index (Phi) is 2.25. The van der Waals surface area contributed by atoms with Gasteiger partial charge in [-0.25, -0.2) is 4.85 Å². The van der Waals surface area contributed by atoms with Crippen LogP contribution >= 0.6 is 15.9 Å². The first-order valence-corrected chi connectivity index (χ1v) is 3.64. The minimum atomic E-state index is 0.399. The van der Waals surface area contributed by atoms with Crippen LogP contribution in [0.4, 0.5) is 5.69 Å². The number of hydrogen-bond acceptors (Lipinski definition) is 1. The average Bonchev–Trinajstić information content (AvgIpc) is 2.04. The van der Waals surface area contributed by atoms with Crippen LogP contribution in [0.2, 0.25) is 0 Å². The summed E-state index contributed by atoms with van der Waals surface area (Å²) >= 11 is 3.21. The molecule has 0 unspecified atom stereocenters. The fraction of sp³-hybridized carbons (Fsp3) is 0. The molecule has 0 N–H and O–H groups in total. The van der Waals surface area contributed by atoms with E-state index in [1.807, 2.05) is 6.07 Å². The van der Waals surface area contributed by atoms with Gasteiger partial charge in [0.1, 0.15) is 0 Å². The zero-order valence-electron chi connectivity index (χ0n) is 5.50. The maximum absolute atomic E-state index is 8.56. The molecule has 0 radical (unpaired) electrons. The van der Waals surface area contributed by atoms with Crippen molar-refractivity contribution >= 4 is 21.6 Å². The molecule has 0 aliphatic rings. The van der Waals surface area contributed by atoms with E-state index < -0.39 is 0 Å². The molecule has 1 rings (SSSR count). The summed E-state index contributed by atoms with van der Waals surface area (Å²) < 4.78 is 0.821. The summed E-state index contributed by atoms with van der Waals surface area (Å²) in [6, 6.07) is 6.94. The van der Waals surface area contributed by atoms with E-state index >= 15 is 0 Å². The van der Waals surface area contributed by atoms with Crippen molar-refractivity contribution in [1.29, 1.82) is 5.26 Å². The van der Waals surface area contributed by atoms with Crippen molar-refractivity contribution in [2.75, 3.05) is 0 Å². The van der Waals surface area contributed by atoms with Gasteiger partial charge in [-0.1, -0.05) is 28.1 Å².